The van der Waals surface area contributed by atoms with Crippen molar-refractivity contribution in [3.05, 3.63) is 66.0 Å². The molecule has 10 heteroatoms. The molecule has 0 bridgehead atoms. The fraction of sp³-hybridized carbons (Fsp3) is 0.364. The number of likely N-dealkylation sites (N-methyl/N-ethyl adjacent to an activating group) is 1. The number of hydrogen-bond acceptors (Lipinski definition) is 4. The fourth-order valence-electron chi connectivity index (χ4n) is 3.19. The highest BCUT2D eigenvalue weighted by atomic mass is 32.2. The lowest BCUT2D eigenvalue weighted by molar-refractivity contribution is -0.140. The van der Waals surface area contributed by atoms with Gasteiger partial charge in [-0.3, -0.25) is 9.59 Å². The topological polar surface area (TPSA) is 90.0 Å². The lowest BCUT2D eigenvalue weighted by atomic mass is 10.1. The molecular formula is C22H29FN4O4S. The molecule has 8 nitrogen and oxygen atoms in total. The van der Waals surface area contributed by atoms with Gasteiger partial charge in [0.25, 0.3) is 0 Å². The number of rotatable bonds is 10. The third-order valence-corrected chi connectivity index (χ3v) is 6.78. The van der Waals surface area contributed by atoms with E-state index in [1.165, 1.54) is 38.2 Å². The molecule has 0 saturated carbocycles. The van der Waals surface area contributed by atoms with Gasteiger partial charge < -0.3 is 10.2 Å². The number of nitrogens with zero attached hydrogens (tertiary/aromatic N) is 3. The SMILES string of the molecule is CC[C@H](C(=O)NC)N(Cc1ccccc1)C(=O)CN(c1ccc(F)cc1)S(=O)(=O)N(C)C. The van der Waals surface area contributed by atoms with Crippen molar-refractivity contribution in [3.63, 3.8) is 0 Å². The minimum atomic E-state index is -4.07. The first-order valence-corrected chi connectivity index (χ1v) is 11.5. The first-order valence-electron chi connectivity index (χ1n) is 10.1. The first-order chi connectivity index (χ1) is 15.1. The van der Waals surface area contributed by atoms with Gasteiger partial charge in [0.2, 0.25) is 11.8 Å². The van der Waals surface area contributed by atoms with Crippen LogP contribution in [0.25, 0.3) is 0 Å². The van der Waals surface area contributed by atoms with Crippen LogP contribution in [-0.4, -0.2) is 63.2 Å². The lowest BCUT2D eigenvalue weighted by Gasteiger charge is -2.33. The van der Waals surface area contributed by atoms with Crippen molar-refractivity contribution in [1.82, 2.24) is 14.5 Å². The summed E-state index contributed by atoms with van der Waals surface area (Å²) in [5, 5.41) is 2.56. The monoisotopic (exact) mass is 464 g/mol. The maximum atomic E-state index is 13.4. The van der Waals surface area contributed by atoms with Crippen molar-refractivity contribution < 1.29 is 22.4 Å². The minimum absolute atomic E-state index is 0.130. The molecule has 2 aromatic rings. The molecule has 1 atom stereocenters. The third kappa shape index (κ3) is 6.04. The van der Waals surface area contributed by atoms with Gasteiger partial charge in [0.1, 0.15) is 18.4 Å². The van der Waals surface area contributed by atoms with E-state index in [4.69, 9.17) is 0 Å². The van der Waals surface area contributed by atoms with Crippen LogP contribution in [0.5, 0.6) is 0 Å². The summed E-state index contributed by atoms with van der Waals surface area (Å²) in [7, 11) is 0.105. The molecule has 2 aromatic carbocycles. The largest absolute Gasteiger partial charge is 0.357 e. The molecule has 174 valence electrons. The second-order valence-electron chi connectivity index (χ2n) is 7.32. The Balaban J connectivity index is 2.46. The van der Waals surface area contributed by atoms with Gasteiger partial charge in [0.05, 0.1) is 5.69 Å². The zero-order valence-corrected chi connectivity index (χ0v) is 19.5. The summed E-state index contributed by atoms with van der Waals surface area (Å²) >= 11 is 0. The molecule has 0 aliphatic rings. The van der Waals surface area contributed by atoms with E-state index in [0.29, 0.717) is 6.42 Å². The van der Waals surface area contributed by atoms with Gasteiger partial charge in [-0.1, -0.05) is 37.3 Å². The Bertz CT molecular complexity index is 1010. The smallest absolute Gasteiger partial charge is 0.304 e. The average molecular weight is 465 g/mol. The highest BCUT2D eigenvalue weighted by molar-refractivity contribution is 7.90. The molecule has 1 N–H and O–H groups in total. The summed E-state index contributed by atoms with van der Waals surface area (Å²) in [4.78, 5) is 27.3. The highest BCUT2D eigenvalue weighted by Gasteiger charge is 2.33. The van der Waals surface area contributed by atoms with Gasteiger partial charge in [-0.05, 0) is 36.2 Å². The summed E-state index contributed by atoms with van der Waals surface area (Å²) < 4.78 is 41.2. The number of halogens is 1. The van der Waals surface area contributed by atoms with Crippen molar-refractivity contribution in [3.8, 4) is 0 Å². The molecule has 0 unspecified atom stereocenters. The van der Waals surface area contributed by atoms with Crippen molar-refractivity contribution in [2.75, 3.05) is 32.0 Å². The van der Waals surface area contributed by atoms with Crippen molar-refractivity contribution in [1.29, 1.82) is 0 Å². The van der Waals surface area contributed by atoms with Crippen LogP contribution in [0.3, 0.4) is 0 Å². The van der Waals surface area contributed by atoms with Crippen molar-refractivity contribution in [2.45, 2.75) is 25.9 Å². The van der Waals surface area contributed by atoms with E-state index < -0.39 is 34.5 Å². The van der Waals surface area contributed by atoms with Crippen molar-refractivity contribution >= 4 is 27.7 Å². The molecule has 0 spiro atoms. The number of carbonyl (C=O) groups excluding carboxylic acids is 2. The van der Waals surface area contributed by atoms with E-state index in [-0.39, 0.29) is 18.1 Å². The second-order valence-corrected chi connectivity index (χ2v) is 9.39. The van der Waals surface area contributed by atoms with E-state index in [0.717, 1.165) is 26.3 Å². The summed E-state index contributed by atoms with van der Waals surface area (Å²) in [5.41, 5.74) is 0.938. The first kappa shape index (κ1) is 25.3. The van der Waals surface area contributed by atoms with Crippen LogP contribution >= 0.6 is 0 Å². The van der Waals surface area contributed by atoms with E-state index in [1.807, 2.05) is 30.3 Å². The normalized spacial score (nSPS) is 12.3. The Labute approximate surface area is 188 Å². The van der Waals surface area contributed by atoms with E-state index in [9.17, 15) is 22.4 Å². The van der Waals surface area contributed by atoms with Gasteiger partial charge in [0, 0.05) is 27.7 Å². The average Bonchev–Trinajstić information content (AvgIpc) is 2.78. The Hall–Kier alpha value is -2.98. The Morgan fingerprint density at radius 3 is 2.12 bits per heavy atom. The van der Waals surface area contributed by atoms with Crippen LogP contribution in [0, 0.1) is 5.82 Å². The molecule has 0 fully saturated rings. The van der Waals surface area contributed by atoms with Crippen LogP contribution in [-0.2, 0) is 26.3 Å². The molecule has 32 heavy (non-hydrogen) atoms. The van der Waals surface area contributed by atoms with Crippen LogP contribution in [0.1, 0.15) is 18.9 Å². The van der Waals surface area contributed by atoms with Crippen LogP contribution in [0.15, 0.2) is 54.6 Å². The van der Waals surface area contributed by atoms with E-state index >= 15 is 0 Å². The number of carbonyl (C=O) groups is 2. The number of anilines is 1. The molecular weight excluding hydrogens is 435 g/mol. The Kier molecular flexibility index (Phi) is 8.73. The number of hydrogen-bond donors (Lipinski definition) is 1. The molecule has 2 rings (SSSR count). The van der Waals surface area contributed by atoms with Gasteiger partial charge in [0.15, 0.2) is 0 Å². The highest BCUT2D eigenvalue weighted by Crippen LogP contribution is 2.21. The maximum absolute atomic E-state index is 13.4. The molecule has 0 aliphatic carbocycles. The quantitative estimate of drug-likeness (QED) is 0.582. The van der Waals surface area contributed by atoms with Gasteiger partial charge in [-0.15, -0.1) is 0 Å². The minimum Gasteiger partial charge on any atom is -0.357 e. The van der Waals surface area contributed by atoms with Crippen LogP contribution in [0.2, 0.25) is 0 Å². The number of amides is 2. The molecule has 0 aromatic heterocycles. The maximum Gasteiger partial charge on any atom is 0.304 e. The lowest BCUT2D eigenvalue weighted by Crippen LogP contribution is -2.52. The van der Waals surface area contributed by atoms with E-state index in [2.05, 4.69) is 5.32 Å². The van der Waals surface area contributed by atoms with Gasteiger partial charge >= 0.3 is 10.2 Å². The van der Waals surface area contributed by atoms with Crippen LogP contribution in [0.4, 0.5) is 10.1 Å². The molecule has 2 amide bonds. The molecule has 0 aliphatic heterocycles. The van der Waals surface area contributed by atoms with E-state index in [1.54, 1.807) is 6.92 Å². The summed E-state index contributed by atoms with van der Waals surface area (Å²) in [6.07, 6.45) is 0.342. The third-order valence-electron chi connectivity index (χ3n) is 4.96. The zero-order valence-electron chi connectivity index (χ0n) is 18.7. The molecule has 0 saturated heterocycles. The number of nitrogens with one attached hydrogen (secondary N) is 1. The predicted molar refractivity (Wildman–Crippen MR) is 121 cm³/mol. The summed E-state index contributed by atoms with van der Waals surface area (Å²) in [5.74, 6) is -1.43. The fourth-order valence-corrected chi connectivity index (χ4v) is 4.25. The van der Waals surface area contributed by atoms with Crippen molar-refractivity contribution in [2.24, 2.45) is 0 Å². The second kappa shape index (κ2) is 11.1. The number of benzene rings is 2. The van der Waals surface area contributed by atoms with Gasteiger partial charge in [-0.25, -0.2) is 8.70 Å². The standard InChI is InChI=1S/C22H29FN4O4S/c1-5-20(22(29)24-2)26(15-17-9-7-6-8-10-17)21(28)16-27(32(30,31)25(3)4)19-13-11-18(23)12-14-19/h6-14,20H,5,15-16H2,1-4H3,(H,24,29)/t20-/m1/s1. The Morgan fingerprint density at radius 1 is 1.03 bits per heavy atom. The zero-order chi connectivity index (χ0) is 23.9. The molecule has 0 heterocycles. The van der Waals surface area contributed by atoms with Crippen LogP contribution < -0.4 is 9.62 Å². The molecule has 0 radical (unpaired) electrons. The predicted octanol–water partition coefficient (Wildman–Crippen LogP) is 1.99. The summed E-state index contributed by atoms with van der Waals surface area (Å²) in [6.45, 7) is 1.36. The summed E-state index contributed by atoms with van der Waals surface area (Å²) in [6, 6.07) is 13.2. The van der Waals surface area contributed by atoms with Gasteiger partial charge in [-0.2, -0.15) is 12.7 Å². The Morgan fingerprint density at radius 2 is 1.62 bits per heavy atom.